The van der Waals surface area contributed by atoms with Gasteiger partial charge >= 0.3 is 12.1 Å². The Bertz CT molecular complexity index is 1130. The van der Waals surface area contributed by atoms with Gasteiger partial charge in [-0.1, -0.05) is 6.07 Å². The first kappa shape index (κ1) is 24.9. The fourth-order valence-corrected chi connectivity index (χ4v) is 2.87. The standard InChI is InChI=1S/C23H24F3N3O5/c1-4-32-20-15(14-29(28-20)19-9-8-16(13-27-19)23(24,25)26)10-11-33-17-6-5-7-18(12-17)34-22(2,3)21(30)31/h5-9,12-14H,4,10-11H2,1-3H3,(H,30,31). The lowest BCUT2D eigenvalue weighted by Gasteiger charge is -2.21. The summed E-state index contributed by atoms with van der Waals surface area (Å²) in [4.78, 5) is 15.1. The molecule has 0 fully saturated rings. The normalized spacial score (nSPS) is 11.8. The molecule has 0 saturated heterocycles. The van der Waals surface area contributed by atoms with E-state index >= 15 is 0 Å². The van der Waals surface area contributed by atoms with Crippen LogP contribution in [-0.2, 0) is 17.4 Å². The fraction of sp³-hybridized carbons (Fsp3) is 0.348. The van der Waals surface area contributed by atoms with Gasteiger partial charge in [-0.3, -0.25) is 0 Å². The number of hydrogen-bond acceptors (Lipinski definition) is 6. The number of aliphatic carboxylic acids is 1. The molecule has 8 nitrogen and oxygen atoms in total. The third kappa shape index (κ3) is 6.18. The topological polar surface area (TPSA) is 95.7 Å². The second-order valence-electron chi connectivity index (χ2n) is 7.73. The van der Waals surface area contributed by atoms with Crippen LogP contribution >= 0.6 is 0 Å². The summed E-state index contributed by atoms with van der Waals surface area (Å²) < 4.78 is 56.5. The lowest BCUT2D eigenvalue weighted by molar-refractivity contribution is -0.152. The average molecular weight is 479 g/mol. The van der Waals surface area contributed by atoms with E-state index < -0.39 is 23.3 Å². The number of pyridine rings is 1. The molecule has 0 bridgehead atoms. The molecule has 34 heavy (non-hydrogen) atoms. The van der Waals surface area contributed by atoms with Crippen LogP contribution in [-0.4, -0.2) is 44.7 Å². The number of rotatable bonds is 10. The highest BCUT2D eigenvalue weighted by atomic mass is 19.4. The molecule has 0 amide bonds. The van der Waals surface area contributed by atoms with Gasteiger partial charge in [0.05, 0.1) is 18.8 Å². The van der Waals surface area contributed by atoms with Crippen LogP contribution in [0.15, 0.2) is 48.8 Å². The minimum Gasteiger partial charge on any atom is -0.493 e. The van der Waals surface area contributed by atoms with Crippen LogP contribution in [0.3, 0.4) is 0 Å². The SMILES string of the molecule is CCOc1nn(-c2ccc(C(F)(F)F)cn2)cc1CCOc1cccc(OC(C)(C)C(=O)O)c1. The highest BCUT2D eigenvalue weighted by Crippen LogP contribution is 2.29. The van der Waals surface area contributed by atoms with Crippen LogP contribution in [0.2, 0.25) is 0 Å². The Morgan fingerprint density at radius 3 is 2.47 bits per heavy atom. The molecule has 0 atom stereocenters. The predicted molar refractivity (Wildman–Crippen MR) is 116 cm³/mol. The highest BCUT2D eigenvalue weighted by molar-refractivity contribution is 5.76. The molecule has 2 aromatic heterocycles. The van der Waals surface area contributed by atoms with Crippen molar-refractivity contribution in [1.29, 1.82) is 0 Å². The number of benzene rings is 1. The van der Waals surface area contributed by atoms with Crippen molar-refractivity contribution in [2.24, 2.45) is 0 Å². The number of alkyl halides is 3. The molecule has 0 radical (unpaired) electrons. The zero-order valence-electron chi connectivity index (χ0n) is 18.8. The Morgan fingerprint density at radius 2 is 1.85 bits per heavy atom. The lowest BCUT2D eigenvalue weighted by Crippen LogP contribution is -2.37. The summed E-state index contributed by atoms with van der Waals surface area (Å²) in [7, 11) is 0. The molecular formula is C23H24F3N3O5. The van der Waals surface area contributed by atoms with Crippen molar-refractivity contribution in [2.45, 2.75) is 39.0 Å². The largest absolute Gasteiger partial charge is 0.493 e. The van der Waals surface area contributed by atoms with E-state index in [1.807, 2.05) is 0 Å². The summed E-state index contributed by atoms with van der Waals surface area (Å²) in [5, 5.41) is 13.5. The Balaban J connectivity index is 1.69. The monoisotopic (exact) mass is 479 g/mol. The molecule has 0 spiro atoms. The maximum absolute atomic E-state index is 12.8. The quantitative estimate of drug-likeness (QED) is 0.456. The van der Waals surface area contributed by atoms with Crippen LogP contribution < -0.4 is 14.2 Å². The van der Waals surface area contributed by atoms with Gasteiger partial charge in [-0.25, -0.2) is 14.5 Å². The van der Waals surface area contributed by atoms with Gasteiger partial charge in [-0.2, -0.15) is 13.2 Å². The van der Waals surface area contributed by atoms with E-state index in [9.17, 15) is 23.1 Å². The number of halogens is 3. The molecule has 1 N–H and O–H groups in total. The molecule has 0 aliphatic rings. The minimum absolute atomic E-state index is 0.215. The number of carbonyl (C=O) groups is 1. The zero-order valence-corrected chi connectivity index (χ0v) is 18.8. The Morgan fingerprint density at radius 1 is 1.12 bits per heavy atom. The molecule has 0 saturated carbocycles. The van der Waals surface area contributed by atoms with Crippen molar-refractivity contribution in [2.75, 3.05) is 13.2 Å². The Hall–Kier alpha value is -3.76. The van der Waals surface area contributed by atoms with E-state index in [2.05, 4.69) is 10.1 Å². The van der Waals surface area contributed by atoms with Crippen molar-refractivity contribution in [3.63, 3.8) is 0 Å². The highest BCUT2D eigenvalue weighted by Gasteiger charge is 2.31. The summed E-state index contributed by atoms with van der Waals surface area (Å²) in [5.41, 5.74) is -1.56. The van der Waals surface area contributed by atoms with E-state index in [1.54, 1.807) is 37.4 Å². The van der Waals surface area contributed by atoms with Gasteiger partial charge in [0, 0.05) is 30.4 Å². The van der Waals surface area contributed by atoms with Crippen molar-refractivity contribution < 1.29 is 37.3 Å². The van der Waals surface area contributed by atoms with Crippen LogP contribution in [0.25, 0.3) is 5.82 Å². The third-order valence-corrected chi connectivity index (χ3v) is 4.68. The number of aromatic nitrogens is 3. The fourth-order valence-electron chi connectivity index (χ4n) is 2.87. The van der Waals surface area contributed by atoms with Crippen LogP contribution in [0, 0.1) is 0 Å². The summed E-state index contributed by atoms with van der Waals surface area (Å²) in [6, 6.07) is 8.78. The number of ether oxygens (including phenoxy) is 3. The molecular weight excluding hydrogens is 455 g/mol. The van der Waals surface area contributed by atoms with E-state index in [1.165, 1.54) is 24.6 Å². The van der Waals surface area contributed by atoms with Crippen molar-refractivity contribution in [3.8, 4) is 23.2 Å². The lowest BCUT2D eigenvalue weighted by atomic mass is 10.1. The summed E-state index contributed by atoms with van der Waals surface area (Å²) >= 11 is 0. The molecule has 182 valence electrons. The Labute approximate surface area is 193 Å². The van der Waals surface area contributed by atoms with Crippen molar-refractivity contribution in [1.82, 2.24) is 14.8 Å². The first-order chi connectivity index (χ1) is 16.0. The van der Waals surface area contributed by atoms with Crippen LogP contribution in [0.1, 0.15) is 31.9 Å². The third-order valence-electron chi connectivity index (χ3n) is 4.68. The molecule has 3 aromatic rings. The van der Waals surface area contributed by atoms with E-state index in [4.69, 9.17) is 14.2 Å². The summed E-state index contributed by atoms with van der Waals surface area (Å²) in [6.45, 7) is 5.27. The maximum atomic E-state index is 12.8. The molecule has 0 aliphatic heterocycles. The minimum atomic E-state index is -4.47. The van der Waals surface area contributed by atoms with Gasteiger partial charge < -0.3 is 19.3 Å². The predicted octanol–water partition coefficient (Wildman–Crippen LogP) is 4.55. The van der Waals surface area contributed by atoms with Gasteiger partial charge in [0.2, 0.25) is 5.88 Å². The van der Waals surface area contributed by atoms with Crippen LogP contribution in [0.5, 0.6) is 17.4 Å². The summed E-state index contributed by atoms with van der Waals surface area (Å²) in [6.07, 6.45) is -1.71. The van der Waals surface area contributed by atoms with Gasteiger partial charge in [-0.05, 0) is 45.0 Å². The Kier molecular flexibility index (Phi) is 7.33. The van der Waals surface area contributed by atoms with E-state index in [-0.39, 0.29) is 12.4 Å². The van der Waals surface area contributed by atoms with E-state index in [0.29, 0.717) is 36.0 Å². The summed E-state index contributed by atoms with van der Waals surface area (Å²) in [5.74, 6) is 0.275. The average Bonchev–Trinajstić information content (AvgIpc) is 3.16. The first-order valence-corrected chi connectivity index (χ1v) is 10.4. The van der Waals surface area contributed by atoms with Gasteiger partial charge in [0.15, 0.2) is 11.4 Å². The van der Waals surface area contributed by atoms with Gasteiger partial charge in [-0.15, -0.1) is 5.10 Å². The molecule has 2 heterocycles. The second kappa shape index (κ2) is 10.0. The number of carboxylic acid groups (broad SMARTS) is 1. The molecule has 3 rings (SSSR count). The molecule has 0 unspecified atom stereocenters. The number of carboxylic acids is 1. The number of nitrogens with zero attached hydrogens (tertiary/aromatic N) is 3. The molecule has 11 heteroatoms. The number of hydrogen-bond donors (Lipinski definition) is 1. The van der Waals surface area contributed by atoms with Crippen LogP contribution in [0.4, 0.5) is 13.2 Å². The first-order valence-electron chi connectivity index (χ1n) is 10.4. The molecule has 0 aliphatic carbocycles. The zero-order chi connectivity index (χ0) is 24.9. The van der Waals surface area contributed by atoms with Gasteiger partial charge in [0.1, 0.15) is 11.5 Å². The van der Waals surface area contributed by atoms with Crippen molar-refractivity contribution >= 4 is 5.97 Å². The smallest absolute Gasteiger partial charge is 0.417 e. The van der Waals surface area contributed by atoms with E-state index in [0.717, 1.165) is 12.3 Å². The molecule has 1 aromatic carbocycles. The van der Waals surface area contributed by atoms with Crippen molar-refractivity contribution in [3.05, 3.63) is 59.9 Å². The van der Waals surface area contributed by atoms with Gasteiger partial charge in [0.25, 0.3) is 0 Å². The second-order valence-corrected chi connectivity index (χ2v) is 7.73. The maximum Gasteiger partial charge on any atom is 0.417 e.